The first kappa shape index (κ1) is 22.0. The average Bonchev–Trinajstić information content (AvgIpc) is 2.57. The number of carbonyl (C=O) groups excluding carboxylic acids is 1. The van der Waals surface area contributed by atoms with Crippen molar-refractivity contribution in [2.24, 2.45) is 5.41 Å². The van der Waals surface area contributed by atoms with Crippen molar-refractivity contribution in [2.45, 2.75) is 45.3 Å². The summed E-state index contributed by atoms with van der Waals surface area (Å²) in [5.41, 5.74) is 2.89. The number of thiocarbonyl (C=S) groups is 1. The van der Waals surface area contributed by atoms with E-state index in [0.717, 1.165) is 16.7 Å². The largest absolute Gasteiger partial charge is 0.332 e. The van der Waals surface area contributed by atoms with Gasteiger partial charge < -0.3 is 10.6 Å². The summed E-state index contributed by atoms with van der Waals surface area (Å²) < 4.78 is 25.4. The second-order valence-corrected chi connectivity index (χ2v) is 10.3. The molecule has 1 amide bonds. The van der Waals surface area contributed by atoms with Crippen LogP contribution in [0.25, 0.3) is 0 Å². The number of anilines is 1. The second kappa shape index (κ2) is 8.41. The summed E-state index contributed by atoms with van der Waals surface area (Å²) in [4.78, 5) is 12.2. The zero-order chi connectivity index (χ0) is 21.1. The first-order chi connectivity index (χ1) is 12.9. The van der Waals surface area contributed by atoms with Gasteiger partial charge in [-0.25, -0.2) is 8.42 Å². The van der Waals surface area contributed by atoms with Crippen LogP contribution in [0.3, 0.4) is 0 Å². The van der Waals surface area contributed by atoms with Gasteiger partial charge in [0, 0.05) is 11.1 Å². The lowest BCUT2D eigenvalue weighted by molar-refractivity contribution is -0.126. The molecule has 0 unspecified atom stereocenters. The van der Waals surface area contributed by atoms with Gasteiger partial charge in [-0.3, -0.25) is 4.79 Å². The molecule has 0 spiro atoms. The molecule has 0 radical (unpaired) electrons. The van der Waals surface area contributed by atoms with Gasteiger partial charge in [0.25, 0.3) is 0 Å². The van der Waals surface area contributed by atoms with E-state index in [4.69, 9.17) is 12.2 Å². The lowest BCUT2D eigenvalue weighted by Crippen LogP contribution is -2.41. The van der Waals surface area contributed by atoms with Gasteiger partial charge in [-0.05, 0) is 61.5 Å². The van der Waals surface area contributed by atoms with Gasteiger partial charge in [-0.15, -0.1) is 0 Å². The van der Waals surface area contributed by atoms with Crippen molar-refractivity contribution in [1.82, 2.24) is 5.32 Å². The lowest BCUT2D eigenvalue weighted by Gasteiger charge is -2.18. The Balaban J connectivity index is 2.08. The Bertz CT molecular complexity index is 989. The van der Waals surface area contributed by atoms with Crippen molar-refractivity contribution in [3.63, 3.8) is 0 Å². The summed E-state index contributed by atoms with van der Waals surface area (Å²) in [5, 5.41) is 5.69. The van der Waals surface area contributed by atoms with Crippen LogP contribution in [0.2, 0.25) is 0 Å². The number of hydrogen-bond acceptors (Lipinski definition) is 4. The summed E-state index contributed by atoms with van der Waals surface area (Å²) in [6.45, 7) is 9.27. The number of carbonyl (C=O) groups is 1. The molecule has 0 aliphatic heterocycles. The normalized spacial score (nSPS) is 11.8. The number of amides is 1. The van der Waals surface area contributed by atoms with Crippen LogP contribution in [-0.4, -0.2) is 19.4 Å². The van der Waals surface area contributed by atoms with E-state index in [-0.39, 0.29) is 21.7 Å². The Labute approximate surface area is 172 Å². The molecule has 0 aromatic heterocycles. The predicted octanol–water partition coefficient (Wildman–Crippen LogP) is 4.14. The Hall–Kier alpha value is -2.25. The first-order valence-electron chi connectivity index (χ1n) is 8.90. The van der Waals surface area contributed by atoms with Gasteiger partial charge in [-0.2, -0.15) is 0 Å². The van der Waals surface area contributed by atoms with Crippen molar-refractivity contribution in [3.8, 4) is 0 Å². The predicted molar refractivity (Wildman–Crippen MR) is 117 cm³/mol. The molecule has 0 fully saturated rings. The molecule has 0 aliphatic rings. The van der Waals surface area contributed by atoms with Crippen LogP contribution < -0.4 is 10.6 Å². The van der Waals surface area contributed by atoms with E-state index in [1.165, 1.54) is 12.1 Å². The first-order valence-corrected chi connectivity index (χ1v) is 11.0. The van der Waals surface area contributed by atoms with Crippen LogP contribution in [0.1, 0.15) is 37.5 Å². The molecule has 0 saturated carbocycles. The van der Waals surface area contributed by atoms with Crippen LogP contribution >= 0.6 is 12.2 Å². The molecular formula is C21H26N2O3S2. The summed E-state index contributed by atoms with van der Waals surface area (Å²) in [6.07, 6.45) is 0. The van der Waals surface area contributed by atoms with Gasteiger partial charge in [-0.1, -0.05) is 44.5 Å². The van der Waals surface area contributed by atoms with Crippen LogP contribution in [0.15, 0.2) is 47.4 Å². The zero-order valence-electron chi connectivity index (χ0n) is 16.8. The molecule has 2 N–H and O–H groups in total. The molecule has 2 rings (SSSR count). The van der Waals surface area contributed by atoms with Gasteiger partial charge in [0.2, 0.25) is 5.91 Å². The molecule has 150 valence electrons. The van der Waals surface area contributed by atoms with Crippen molar-refractivity contribution >= 4 is 38.8 Å². The van der Waals surface area contributed by atoms with Crippen LogP contribution in [-0.2, 0) is 20.4 Å². The van der Waals surface area contributed by atoms with Gasteiger partial charge >= 0.3 is 0 Å². The van der Waals surface area contributed by atoms with E-state index in [1.54, 1.807) is 32.9 Å². The number of nitrogens with one attached hydrogen (secondary N) is 2. The van der Waals surface area contributed by atoms with Crippen molar-refractivity contribution in [3.05, 3.63) is 59.2 Å². The Morgan fingerprint density at radius 1 is 1.04 bits per heavy atom. The van der Waals surface area contributed by atoms with Crippen LogP contribution in [0.5, 0.6) is 0 Å². The fourth-order valence-corrected chi connectivity index (χ4v) is 4.16. The molecule has 28 heavy (non-hydrogen) atoms. The van der Waals surface area contributed by atoms with E-state index in [2.05, 4.69) is 10.6 Å². The van der Waals surface area contributed by atoms with E-state index in [0.29, 0.717) is 5.69 Å². The Kier molecular flexibility index (Phi) is 6.62. The minimum atomic E-state index is -3.46. The third kappa shape index (κ3) is 5.87. The highest BCUT2D eigenvalue weighted by Crippen LogP contribution is 2.21. The topological polar surface area (TPSA) is 75.3 Å². The third-order valence-electron chi connectivity index (χ3n) is 4.22. The smallest absolute Gasteiger partial charge is 0.231 e. The summed E-state index contributed by atoms with van der Waals surface area (Å²) in [7, 11) is -3.46. The highest BCUT2D eigenvalue weighted by atomic mass is 32.2. The number of aryl methyl sites for hydroxylation is 2. The Morgan fingerprint density at radius 2 is 1.64 bits per heavy atom. The summed E-state index contributed by atoms with van der Waals surface area (Å²) in [5.74, 6) is -0.246. The maximum atomic E-state index is 12.7. The van der Waals surface area contributed by atoms with E-state index < -0.39 is 15.3 Å². The van der Waals surface area contributed by atoms with Crippen LogP contribution in [0, 0.1) is 19.3 Å². The van der Waals surface area contributed by atoms with Crippen molar-refractivity contribution in [2.75, 3.05) is 5.32 Å². The molecule has 0 aliphatic carbocycles. The standard InChI is InChI=1S/C21H26N2O3S2/c1-14-6-7-16(15(2)12-14)13-28(25,26)18-10-8-17(9-11-18)22-20(27)23-19(24)21(3,4)5/h6-12H,13H2,1-5H3,(H2,22,23,24,27). The van der Waals surface area contributed by atoms with E-state index in [1.807, 2.05) is 32.0 Å². The highest BCUT2D eigenvalue weighted by molar-refractivity contribution is 7.90. The third-order valence-corrected chi connectivity index (χ3v) is 6.11. The molecule has 2 aromatic rings. The highest BCUT2D eigenvalue weighted by Gasteiger charge is 2.22. The number of rotatable bonds is 4. The van der Waals surface area contributed by atoms with Gasteiger partial charge in [0.05, 0.1) is 10.6 Å². The van der Waals surface area contributed by atoms with Gasteiger partial charge in [0.1, 0.15) is 0 Å². The summed E-state index contributed by atoms with van der Waals surface area (Å²) in [6, 6.07) is 12.1. The zero-order valence-corrected chi connectivity index (χ0v) is 18.4. The Morgan fingerprint density at radius 3 is 2.18 bits per heavy atom. The number of sulfone groups is 1. The fraction of sp³-hybridized carbons (Fsp3) is 0.333. The van der Waals surface area contributed by atoms with Gasteiger partial charge in [0.15, 0.2) is 14.9 Å². The molecular weight excluding hydrogens is 392 g/mol. The summed E-state index contributed by atoms with van der Waals surface area (Å²) >= 11 is 5.14. The molecule has 0 atom stereocenters. The quantitative estimate of drug-likeness (QED) is 0.730. The van der Waals surface area contributed by atoms with E-state index in [9.17, 15) is 13.2 Å². The molecule has 2 aromatic carbocycles. The maximum Gasteiger partial charge on any atom is 0.231 e. The monoisotopic (exact) mass is 418 g/mol. The molecule has 0 bridgehead atoms. The van der Waals surface area contributed by atoms with Crippen molar-refractivity contribution < 1.29 is 13.2 Å². The average molecular weight is 419 g/mol. The molecule has 5 nitrogen and oxygen atoms in total. The molecule has 0 heterocycles. The minimum Gasteiger partial charge on any atom is -0.332 e. The van der Waals surface area contributed by atoms with Crippen LogP contribution in [0.4, 0.5) is 5.69 Å². The minimum absolute atomic E-state index is 0.0497. The molecule has 0 saturated heterocycles. The van der Waals surface area contributed by atoms with Crippen molar-refractivity contribution in [1.29, 1.82) is 0 Å². The number of benzene rings is 2. The molecule has 7 heteroatoms. The van der Waals surface area contributed by atoms with E-state index >= 15 is 0 Å². The second-order valence-electron chi connectivity index (χ2n) is 7.87. The fourth-order valence-electron chi connectivity index (χ4n) is 2.49. The maximum absolute atomic E-state index is 12.7. The lowest BCUT2D eigenvalue weighted by atomic mass is 9.96. The number of hydrogen-bond donors (Lipinski definition) is 2. The SMILES string of the molecule is Cc1ccc(CS(=O)(=O)c2ccc(NC(=S)NC(=O)C(C)(C)C)cc2)c(C)c1.